The molecule has 0 heterocycles. The van der Waals surface area contributed by atoms with Crippen molar-refractivity contribution in [3.05, 3.63) is 48.0 Å². The molecule has 0 bridgehead atoms. The Hall–Kier alpha value is -1.61. The van der Waals surface area contributed by atoms with Crippen LogP contribution in [0.4, 0.5) is 0 Å². The minimum atomic E-state index is -0.396. The summed E-state index contributed by atoms with van der Waals surface area (Å²) in [6.07, 6.45) is 5.13. The highest BCUT2D eigenvalue weighted by Gasteiger charge is 2.22. The van der Waals surface area contributed by atoms with Gasteiger partial charge in [0.25, 0.3) is 0 Å². The lowest BCUT2D eigenvalue weighted by Crippen LogP contribution is -2.44. The molecule has 20 heavy (non-hydrogen) atoms. The normalized spacial score (nSPS) is 18.9. The van der Waals surface area contributed by atoms with Gasteiger partial charge < -0.3 is 10.1 Å². The van der Waals surface area contributed by atoms with Crippen LogP contribution >= 0.6 is 0 Å². The van der Waals surface area contributed by atoms with Gasteiger partial charge >= 0.3 is 0 Å². The maximum atomic E-state index is 12.1. The van der Waals surface area contributed by atoms with Gasteiger partial charge in [0.05, 0.1) is 6.61 Å². The Morgan fingerprint density at radius 3 is 3.00 bits per heavy atom. The zero-order valence-corrected chi connectivity index (χ0v) is 12.1. The van der Waals surface area contributed by atoms with Gasteiger partial charge in [0.2, 0.25) is 5.91 Å². The van der Waals surface area contributed by atoms with Gasteiger partial charge in [-0.3, -0.25) is 4.79 Å². The van der Waals surface area contributed by atoms with E-state index in [1.54, 1.807) is 13.0 Å². The van der Waals surface area contributed by atoms with E-state index < -0.39 is 6.10 Å². The van der Waals surface area contributed by atoms with E-state index in [4.69, 9.17) is 4.74 Å². The molecule has 0 saturated heterocycles. The molecular weight excluding hydrogens is 250 g/mol. The number of benzene rings is 1. The Labute approximate surface area is 121 Å². The fraction of sp³-hybridized carbons (Fsp3) is 0.471. The van der Waals surface area contributed by atoms with Gasteiger partial charge in [-0.1, -0.05) is 30.3 Å². The molecule has 0 saturated carbocycles. The molecule has 3 heteroatoms. The van der Waals surface area contributed by atoms with Crippen LogP contribution in [0.25, 0.3) is 0 Å². The Morgan fingerprint density at radius 1 is 1.50 bits per heavy atom. The number of hydrogen-bond acceptors (Lipinski definition) is 2. The van der Waals surface area contributed by atoms with Crippen LogP contribution in [0.3, 0.4) is 0 Å². The van der Waals surface area contributed by atoms with Crippen molar-refractivity contribution in [2.24, 2.45) is 0 Å². The fourth-order valence-electron chi connectivity index (χ4n) is 2.54. The number of carbonyl (C=O) groups excluding carboxylic acids is 1. The standard InChI is InChI=1S/C17H23NO2/c1-3-4-11-20-13(2)17(19)18-16-10-9-14-7-5-6-8-15(14)12-16/h3,5-8,13,16H,1,4,9-12H2,2H3,(H,18,19). The molecule has 108 valence electrons. The molecule has 1 aliphatic rings. The number of hydrogen-bond donors (Lipinski definition) is 1. The summed E-state index contributed by atoms with van der Waals surface area (Å²) in [4.78, 5) is 12.1. The highest BCUT2D eigenvalue weighted by Crippen LogP contribution is 2.21. The lowest BCUT2D eigenvalue weighted by atomic mass is 9.88. The van der Waals surface area contributed by atoms with E-state index in [0.29, 0.717) is 6.61 Å². The summed E-state index contributed by atoms with van der Waals surface area (Å²) in [6.45, 7) is 5.98. The van der Waals surface area contributed by atoms with Crippen LogP contribution in [0.2, 0.25) is 0 Å². The third kappa shape index (κ3) is 3.94. The summed E-state index contributed by atoms with van der Waals surface area (Å²) in [5.74, 6) is -0.0153. The largest absolute Gasteiger partial charge is 0.368 e. The number of amides is 1. The van der Waals surface area contributed by atoms with Crippen molar-refractivity contribution in [3.8, 4) is 0 Å². The molecule has 1 aromatic rings. The number of aryl methyl sites for hydroxylation is 1. The number of fused-ring (bicyclic) bond motifs is 1. The third-order valence-corrected chi connectivity index (χ3v) is 3.75. The molecule has 0 aliphatic heterocycles. The van der Waals surface area contributed by atoms with E-state index in [1.807, 2.05) is 0 Å². The van der Waals surface area contributed by atoms with Crippen molar-refractivity contribution < 1.29 is 9.53 Å². The summed E-state index contributed by atoms with van der Waals surface area (Å²) in [5, 5.41) is 3.10. The maximum absolute atomic E-state index is 12.1. The minimum Gasteiger partial charge on any atom is -0.368 e. The maximum Gasteiger partial charge on any atom is 0.249 e. The molecule has 0 radical (unpaired) electrons. The van der Waals surface area contributed by atoms with E-state index in [1.165, 1.54) is 11.1 Å². The quantitative estimate of drug-likeness (QED) is 0.639. The lowest BCUT2D eigenvalue weighted by molar-refractivity contribution is -0.132. The summed E-state index contributed by atoms with van der Waals surface area (Å²) < 4.78 is 5.47. The van der Waals surface area contributed by atoms with Gasteiger partial charge in [-0.25, -0.2) is 0 Å². The van der Waals surface area contributed by atoms with Crippen LogP contribution in [0.5, 0.6) is 0 Å². The number of ether oxygens (including phenoxy) is 1. The van der Waals surface area contributed by atoms with E-state index in [9.17, 15) is 4.79 Å². The summed E-state index contributed by atoms with van der Waals surface area (Å²) >= 11 is 0. The Balaban J connectivity index is 1.82. The van der Waals surface area contributed by atoms with E-state index in [0.717, 1.165) is 25.7 Å². The zero-order valence-electron chi connectivity index (χ0n) is 12.1. The molecule has 0 fully saturated rings. The first-order valence-electron chi connectivity index (χ1n) is 7.30. The third-order valence-electron chi connectivity index (χ3n) is 3.75. The van der Waals surface area contributed by atoms with Crippen molar-refractivity contribution in [3.63, 3.8) is 0 Å². The van der Waals surface area contributed by atoms with Gasteiger partial charge in [-0.15, -0.1) is 6.58 Å². The molecule has 2 unspecified atom stereocenters. The number of rotatable bonds is 6. The average Bonchev–Trinajstić information content (AvgIpc) is 2.47. The lowest BCUT2D eigenvalue weighted by Gasteiger charge is -2.26. The van der Waals surface area contributed by atoms with E-state index in [-0.39, 0.29) is 11.9 Å². The van der Waals surface area contributed by atoms with E-state index >= 15 is 0 Å². The second-order valence-corrected chi connectivity index (χ2v) is 5.31. The van der Waals surface area contributed by atoms with Crippen LogP contribution in [-0.2, 0) is 22.4 Å². The minimum absolute atomic E-state index is 0.0153. The predicted molar refractivity (Wildman–Crippen MR) is 80.6 cm³/mol. The van der Waals surface area contributed by atoms with Gasteiger partial charge in [0.1, 0.15) is 6.10 Å². The summed E-state index contributed by atoms with van der Waals surface area (Å²) in [5.41, 5.74) is 2.76. The highest BCUT2D eigenvalue weighted by molar-refractivity contribution is 5.80. The average molecular weight is 273 g/mol. The monoisotopic (exact) mass is 273 g/mol. The first-order chi connectivity index (χ1) is 9.70. The molecule has 1 aromatic carbocycles. The van der Waals surface area contributed by atoms with Crippen molar-refractivity contribution in [1.82, 2.24) is 5.32 Å². The smallest absolute Gasteiger partial charge is 0.249 e. The Morgan fingerprint density at radius 2 is 2.25 bits per heavy atom. The number of carbonyl (C=O) groups is 1. The highest BCUT2D eigenvalue weighted by atomic mass is 16.5. The predicted octanol–water partition coefficient (Wildman–Crippen LogP) is 2.64. The number of nitrogens with one attached hydrogen (secondary N) is 1. The topological polar surface area (TPSA) is 38.3 Å². The Kier molecular flexibility index (Phi) is 5.36. The molecule has 1 N–H and O–H groups in total. The van der Waals surface area contributed by atoms with Crippen molar-refractivity contribution in [1.29, 1.82) is 0 Å². The van der Waals surface area contributed by atoms with Crippen molar-refractivity contribution in [2.75, 3.05) is 6.61 Å². The first-order valence-corrected chi connectivity index (χ1v) is 7.30. The molecule has 1 amide bonds. The molecule has 1 aliphatic carbocycles. The first kappa shape index (κ1) is 14.8. The van der Waals surface area contributed by atoms with Gasteiger partial charge in [-0.2, -0.15) is 0 Å². The van der Waals surface area contributed by atoms with Gasteiger partial charge in [-0.05, 0) is 43.7 Å². The van der Waals surface area contributed by atoms with Crippen LogP contribution in [0.1, 0.15) is 30.9 Å². The van der Waals surface area contributed by atoms with Crippen LogP contribution in [-0.4, -0.2) is 24.7 Å². The summed E-state index contributed by atoms with van der Waals surface area (Å²) in [6, 6.07) is 8.69. The van der Waals surface area contributed by atoms with E-state index in [2.05, 4.69) is 36.2 Å². The van der Waals surface area contributed by atoms with Crippen LogP contribution in [0, 0.1) is 0 Å². The molecular formula is C17H23NO2. The molecule has 0 aromatic heterocycles. The second kappa shape index (κ2) is 7.25. The van der Waals surface area contributed by atoms with Gasteiger partial charge in [0, 0.05) is 6.04 Å². The molecule has 0 spiro atoms. The second-order valence-electron chi connectivity index (χ2n) is 5.31. The molecule has 2 atom stereocenters. The SMILES string of the molecule is C=CCCOC(C)C(=O)NC1CCc2ccccc2C1. The van der Waals surface area contributed by atoms with Crippen molar-refractivity contribution >= 4 is 5.91 Å². The Bertz CT molecular complexity index is 470. The fourth-order valence-corrected chi connectivity index (χ4v) is 2.54. The zero-order chi connectivity index (χ0) is 14.4. The van der Waals surface area contributed by atoms with Crippen LogP contribution in [0.15, 0.2) is 36.9 Å². The molecule has 3 nitrogen and oxygen atoms in total. The van der Waals surface area contributed by atoms with Gasteiger partial charge in [0.15, 0.2) is 0 Å². The van der Waals surface area contributed by atoms with Crippen molar-refractivity contribution in [2.45, 2.75) is 44.8 Å². The molecule has 2 rings (SSSR count). The summed E-state index contributed by atoms with van der Waals surface area (Å²) in [7, 11) is 0. The van der Waals surface area contributed by atoms with Crippen LogP contribution < -0.4 is 5.32 Å².